The van der Waals surface area contributed by atoms with Gasteiger partial charge in [0.25, 0.3) is 0 Å². The summed E-state index contributed by atoms with van der Waals surface area (Å²) in [7, 11) is 0. The molecular formula is C64H64N3OPt-. The Balaban J connectivity index is 0.00000729. The van der Waals surface area contributed by atoms with Gasteiger partial charge in [0.2, 0.25) is 0 Å². The molecule has 9 rings (SSSR count). The molecule has 2 aromatic heterocycles. The van der Waals surface area contributed by atoms with Crippen LogP contribution in [-0.2, 0) is 31.9 Å². The van der Waals surface area contributed by atoms with Gasteiger partial charge in [0.15, 0.2) is 0 Å². The summed E-state index contributed by atoms with van der Waals surface area (Å²) in [4.78, 5) is 10.5. The minimum absolute atomic E-state index is 0. The molecule has 0 radical (unpaired) electrons. The molecule has 0 saturated heterocycles. The number of pyridine rings is 1. The van der Waals surface area contributed by atoms with Crippen molar-refractivity contribution in [2.75, 3.05) is 0 Å². The SMILES string of the molecule is [2H]C([2H])([2H])c1cc(-c2ccc(C(C)(C)C)cc2)c(-n2c(-c3cc(C([2H])(C)C)cc(C([2H])(C)C)c3O)nc3c(-c4[c-]c(-c5cc(-c6ccc(C)cc6)ccn5)cc(C(C)(C)C)c4)cccc32)cc1-c1ccccc1.[Pt]. The molecule has 7 aromatic carbocycles. The molecule has 0 fully saturated rings. The summed E-state index contributed by atoms with van der Waals surface area (Å²) in [5.41, 5.74) is 14.5. The van der Waals surface area contributed by atoms with Crippen LogP contribution in [-0.4, -0.2) is 19.6 Å². The molecule has 0 bridgehead atoms. The minimum Gasteiger partial charge on any atom is -0.507 e. The Bertz CT molecular complexity index is 3530. The Morgan fingerprint density at radius 1 is 0.609 bits per heavy atom. The van der Waals surface area contributed by atoms with Gasteiger partial charge in [0, 0.05) is 45.4 Å². The fraction of sp³-hybridized carbons (Fsp3) is 0.250. The van der Waals surface area contributed by atoms with Gasteiger partial charge in [0.1, 0.15) is 11.6 Å². The summed E-state index contributed by atoms with van der Waals surface area (Å²) >= 11 is 0. The summed E-state index contributed by atoms with van der Waals surface area (Å²) in [5.74, 6) is -2.12. The second-order valence-corrected chi connectivity index (χ2v) is 20.7. The maximum atomic E-state index is 12.6. The average Bonchev–Trinajstić information content (AvgIpc) is 3.72. The van der Waals surface area contributed by atoms with E-state index in [-0.39, 0.29) is 43.2 Å². The number of rotatable bonds is 9. The predicted octanol–water partition coefficient (Wildman–Crippen LogP) is 17.4. The first kappa shape index (κ1) is 42.7. The van der Waals surface area contributed by atoms with Crippen molar-refractivity contribution < 1.29 is 33.0 Å². The normalized spacial score (nSPS) is 13.5. The maximum Gasteiger partial charge on any atom is 0.148 e. The first-order valence-electron chi connectivity index (χ1n) is 26.0. The Labute approximate surface area is 431 Å². The fourth-order valence-electron chi connectivity index (χ4n) is 9.02. The molecule has 0 spiro atoms. The molecule has 0 unspecified atom stereocenters. The van der Waals surface area contributed by atoms with Crippen molar-refractivity contribution in [3.63, 3.8) is 0 Å². The van der Waals surface area contributed by atoms with Gasteiger partial charge in [-0.15, -0.1) is 29.3 Å². The van der Waals surface area contributed by atoms with Crippen LogP contribution in [0.25, 0.3) is 83.9 Å². The number of benzene rings is 7. The monoisotopic (exact) mass is 1090 g/mol. The van der Waals surface area contributed by atoms with Crippen molar-refractivity contribution in [1.29, 1.82) is 0 Å². The number of nitrogens with zero attached hydrogens (tertiary/aromatic N) is 3. The van der Waals surface area contributed by atoms with Crippen molar-refractivity contribution >= 4 is 11.0 Å². The second-order valence-electron chi connectivity index (χ2n) is 20.7. The average molecular weight is 1090 g/mol. The smallest absolute Gasteiger partial charge is 0.148 e. The summed E-state index contributed by atoms with van der Waals surface area (Å²) in [5, 5.41) is 12.6. The van der Waals surface area contributed by atoms with E-state index in [1.165, 1.54) is 5.56 Å². The minimum atomic E-state index is -2.49. The number of phenols is 1. The van der Waals surface area contributed by atoms with Gasteiger partial charge in [-0.1, -0.05) is 189 Å². The molecule has 0 aliphatic rings. The molecule has 5 heteroatoms. The van der Waals surface area contributed by atoms with E-state index in [1.807, 2.05) is 89.6 Å². The van der Waals surface area contributed by atoms with Crippen LogP contribution in [0.2, 0.25) is 0 Å². The van der Waals surface area contributed by atoms with Crippen LogP contribution in [0, 0.1) is 19.8 Å². The zero-order valence-corrected chi connectivity index (χ0v) is 43.8. The largest absolute Gasteiger partial charge is 0.507 e. The molecular weight excluding hydrogens is 1020 g/mol. The quantitative estimate of drug-likeness (QED) is 0.147. The Kier molecular flexibility index (Phi) is 11.9. The Morgan fingerprint density at radius 3 is 1.93 bits per heavy atom. The Morgan fingerprint density at radius 2 is 1.28 bits per heavy atom. The molecule has 0 saturated carbocycles. The molecule has 1 N–H and O–H groups in total. The van der Waals surface area contributed by atoms with Gasteiger partial charge in [-0.25, -0.2) is 4.98 Å². The number of aromatic hydroxyl groups is 1. The molecule has 0 amide bonds. The number of hydrogen-bond donors (Lipinski definition) is 1. The van der Waals surface area contributed by atoms with Crippen molar-refractivity contribution in [2.45, 2.75) is 106 Å². The predicted molar refractivity (Wildman–Crippen MR) is 287 cm³/mol. The van der Waals surface area contributed by atoms with Gasteiger partial charge in [-0.3, -0.25) is 9.55 Å². The molecule has 352 valence electrons. The van der Waals surface area contributed by atoms with Gasteiger partial charge < -0.3 is 5.11 Å². The molecule has 4 nitrogen and oxygen atoms in total. The zero-order chi connectivity index (χ0) is 52.6. The van der Waals surface area contributed by atoms with Crippen LogP contribution >= 0.6 is 0 Å². The van der Waals surface area contributed by atoms with E-state index >= 15 is 0 Å². The molecule has 69 heavy (non-hydrogen) atoms. The van der Waals surface area contributed by atoms with Crippen LogP contribution in [0.3, 0.4) is 0 Å². The van der Waals surface area contributed by atoms with Gasteiger partial charge >= 0.3 is 0 Å². The van der Waals surface area contributed by atoms with E-state index in [2.05, 4.69) is 109 Å². The standard InChI is InChI=1S/C64H64N3O.Pt/c1-39(2)47-35-53(40(3)4)61(68)56(36-47)62-66-60-52(48-32-49(34-51(33-48)64(10,11)12)57-37-46(29-30-65-57)43-23-21-41(5)22-24-43)19-16-20-58(60)67(62)59-38-54(44-17-14-13-15-18-44)42(6)31-55(59)45-25-27-50(28-26-45)63(7,8)9;/h13-31,33-40,68H,1-12H3;/q-1;/i6D3,39D,40D;. The van der Waals surface area contributed by atoms with Crippen LogP contribution in [0.5, 0.6) is 5.75 Å². The second kappa shape index (κ2) is 19.2. The summed E-state index contributed by atoms with van der Waals surface area (Å²) < 4.78 is 47.4. The summed E-state index contributed by atoms with van der Waals surface area (Å²) in [6.45, 7) is 19.7. The number of fused-ring (bicyclic) bond motifs is 1. The fourth-order valence-corrected chi connectivity index (χ4v) is 9.02. The number of para-hydroxylation sites is 1. The molecule has 2 heterocycles. The van der Waals surface area contributed by atoms with E-state index < -0.39 is 18.6 Å². The number of hydrogen-bond acceptors (Lipinski definition) is 3. The van der Waals surface area contributed by atoms with E-state index in [9.17, 15) is 7.85 Å². The van der Waals surface area contributed by atoms with Crippen molar-refractivity contribution in [2.24, 2.45) is 0 Å². The first-order valence-corrected chi connectivity index (χ1v) is 23.5. The topological polar surface area (TPSA) is 50.9 Å². The molecule has 0 atom stereocenters. The van der Waals surface area contributed by atoms with Crippen molar-refractivity contribution in [3.8, 4) is 78.6 Å². The third-order valence-corrected chi connectivity index (χ3v) is 13.1. The van der Waals surface area contributed by atoms with Crippen molar-refractivity contribution in [1.82, 2.24) is 14.5 Å². The van der Waals surface area contributed by atoms with E-state index in [4.69, 9.17) is 14.1 Å². The van der Waals surface area contributed by atoms with Crippen LogP contribution in [0.1, 0.15) is 121 Å². The number of phenolic OH excluding ortho intramolecular Hbond substituents is 1. The summed E-state index contributed by atoms with van der Waals surface area (Å²) in [6.07, 6.45) is 1.84. The van der Waals surface area contributed by atoms with E-state index in [0.717, 1.165) is 55.8 Å². The van der Waals surface area contributed by atoms with Gasteiger partial charge in [-0.05, 0) is 117 Å². The third kappa shape index (κ3) is 9.79. The van der Waals surface area contributed by atoms with Crippen LogP contribution in [0.15, 0.2) is 152 Å². The maximum absolute atomic E-state index is 12.6. The zero-order valence-electron chi connectivity index (χ0n) is 46.5. The van der Waals surface area contributed by atoms with Gasteiger partial charge in [0.05, 0.1) is 22.3 Å². The molecule has 0 aliphatic heterocycles. The van der Waals surface area contributed by atoms with Crippen LogP contribution in [0.4, 0.5) is 0 Å². The van der Waals surface area contributed by atoms with Crippen LogP contribution < -0.4 is 0 Å². The first-order chi connectivity index (χ1) is 34.2. The van der Waals surface area contributed by atoms with E-state index in [0.29, 0.717) is 50.4 Å². The molecule has 9 aromatic rings. The summed E-state index contributed by atoms with van der Waals surface area (Å²) in [6, 6.07) is 52.0. The molecule has 0 aliphatic carbocycles. The van der Waals surface area contributed by atoms with Crippen molar-refractivity contribution in [3.05, 3.63) is 191 Å². The third-order valence-electron chi connectivity index (χ3n) is 13.1. The van der Waals surface area contributed by atoms with E-state index in [1.54, 1.807) is 39.8 Å². The number of imidazole rings is 1. The van der Waals surface area contributed by atoms with Gasteiger partial charge in [-0.2, -0.15) is 0 Å². The number of aryl methyl sites for hydroxylation is 2. The number of aromatic nitrogens is 3. The Hall–Kier alpha value is -6.35.